The van der Waals surface area contributed by atoms with Crippen molar-refractivity contribution in [1.29, 1.82) is 0 Å². The van der Waals surface area contributed by atoms with Gasteiger partial charge in [0.25, 0.3) is 5.91 Å². The van der Waals surface area contributed by atoms with Crippen molar-refractivity contribution in [2.24, 2.45) is 0 Å². The summed E-state index contributed by atoms with van der Waals surface area (Å²) in [6.07, 6.45) is 0.358. The lowest BCUT2D eigenvalue weighted by Gasteiger charge is -2.15. The fourth-order valence-corrected chi connectivity index (χ4v) is 2.78. The van der Waals surface area contributed by atoms with E-state index in [9.17, 15) is 9.59 Å². The highest BCUT2D eigenvalue weighted by Gasteiger charge is 2.34. The first-order valence-electron chi connectivity index (χ1n) is 7.40. The summed E-state index contributed by atoms with van der Waals surface area (Å²) in [6.45, 7) is 0.251. The monoisotopic (exact) mass is 329 g/mol. The van der Waals surface area contributed by atoms with Crippen molar-refractivity contribution < 1.29 is 14.3 Å². The van der Waals surface area contributed by atoms with Crippen LogP contribution in [0.1, 0.15) is 17.9 Å². The van der Waals surface area contributed by atoms with Crippen LogP contribution >= 0.6 is 11.6 Å². The Morgan fingerprint density at radius 2 is 1.83 bits per heavy atom. The van der Waals surface area contributed by atoms with E-state index >= 15 is 0 Å². The van der Waals surface area contributed by atoms with Crippen LogP contribution in [0.4, 0.5) is 0 Å². The average molecular weight is 330 g/mol. The van der Waals surface area contributed by atoms with Crippen LogP contribution in [0.2, 0.25) is 5.02 Å². The highest BCUT2D eigenvalue weighted by molar-refractivity contribution is 6.30. The van der Waals surface area contributed by atoms with Crippen LogP contribution in [0.5, 0.6) is 5.75 Å². The Bertz CT molecular complexity index is 700. The topological polar surface area (TPSA) is 46.6 Å². The number of halogens is 1. The van der Waals surface area contributed by atoms with E-state index in [1.807, 2.05) is 30.3 Å². The molecule has 5 heteroatoms. The Hall–Kier alpha value is -2.33. The number of carbonyl (C=O) groups excluding carboxylic acids is 2. The van der Waals surface area contributed by atoms with E-state index in [0.717, 1.165) is 5.56 Å². The zero-order valence-corrected chi connectivity index (χ0v) is 13.2. The molecule has 0 radical (unpaired) electrons. The fraction of sp³-hybridized carbons (Fsp3) is 0.222. The fourth-order valence-electron chi connectivity index (χ4n) is 2.65. The Kier molecular flexibility index (Phi) is 4.63. The number of amides is 2. The van der Waals surface area contributed by atoms with Gasteiger partial charge < -0.3 is 4.74 Å². The van der Waals surface area contributed by atoms with Crippen LogP contribution in [0, 0.1) is 0 Å². The first-order valence-corrected chi connectivity index (χ1v) is 7.78. The second-order valence-electron chi connectivity index (χ2n) is 5.45. The molecule has 0 N–H and O–H groups in total. The van der Waals surface area contributed by atoms with Gasteiger partial charge in [0.05, 0.1) is 0 Å². The minimum Gasteiger partial charge on any atom is -0.484 e. The van der Waals surface area contributed by atoms with Gasteiger partial charge in [0.2, 0.25) is 5.91 Å². The minimum absolute atomic E-state index is 0.0585. The highest BCUT2D eigenvalue weighted by atomic mass is 35.5. The average Bonchev–Trinajstić information content (AvgIpc) is 2.97. The Morgan fingerprint density at radius 3 is 2.52 bits per heavy atom. The maximum atomic E-state index is 12.2. The molecule has 4 nitrogen and oxygen atoms in total. The van der Waals surface area contributed by atoms with Crippen LogP contribution in [0.15, 0.2) is 54.6 Å². The van der Waals surface area contributed by atoms with Crippen molar-refractivity contribution in [2.45, 2.75) is 12.3 Å². The van der Waals surface area contributed by atoms with Gasteiger partial charge in [-0.3, -0.25) is 14.5 Å². The van der Waals surface area contributed by atoms with Crippen LogP contribution in [-0.4, -0.2) is 29.9 Å². The van der Waals surface area contributed by atoms with Crippen molar-refractivity contribution in [3.8, 4) is 5.75 Å². The molecule has 23 heavy (non-hydrogen) atoms. The van der Waals surface area contributed by atoms with Gasteiger partial charge in [0.1, 0.15) is 5.75 Å². The number of hydrogen-bond acceptors (Lipinski definition) is 3. The summed E-state index contributed by atoms with van der Waals surface area (Å²) >= 11 is 5.80. The number of carbonyl (C=O) groups is 2. The molecule has 0 spiro atoms. The van der Waals surface area contributed by atoms with Gasteiger partial charge in [-0.2, -0.15) is 0 Å². The van der Waals surface area contributed by atoms with E-state index in [1.165, 1.54) is 4.90 Å². The molecule has 1 heterocycles. The number of likely N-dealkylation sites (tertiary alicyclic amines) is 1. The smallest absolute Gasteiger partial charge is 0.267 e. The molecule has 0 saturated carbocycles. The molecule has 2 aromatic rings. The maximum absolute atomic E-state index is 12.2. The van der Waals surface area contributed by atoms with Gasteiger partial charge in [-0.25, -0.2) is 0 Å². The van der Waals surface area contributed by atoms with Crippen LogP contribution in [-0.2, 0) is 9.59 Å². The Morgan fingerprint density at radius 1 is 1.13 bits per heavy atom. The van der Waals surface area contributed by atoms with E-state index in [1.54, 1.807) is 24.3 Å². The number of benzene rings is 2. The summed E-state index contributed by atoms with van der Waals surface area (Å²) in [5.41, 5.74) is 1.08. The van der Waals surface area contributed by atoms with Crippen LogP contribution in [0.3, 0.4) is 0 Å². The number of hydrogen-bond donors (Lipinski definition) is 0. The molecule has 0 aliphatic carbocycles. The third-order valence-electron chi connectivity index (χ3n) is 3.87. The summed E-state index contributed by atoms with van der Waals surface area (Å²) in [4.78, 5) is 25.6. The summed E-state index contributed by atoms with van der Waals surface area (Å²) in [5.74, 6) is 0.143. The number of nitrogens with zero attached hydrogens (tertiary/aromatic N) is 1. The number of imide groups is 1. The van der Waals surface area contributed by atoms with E-state index in [2.05, 4.69) is 0 Å². The first-order chi connectivity index (χ1) is 11.1. The summed E-state index contributed by atoms with van der Waals surface area (Å²) in [7, 11) is 0. The predicted octanol–water partition coefficient (Wildman–Crippen LogP) is 3.26. The van der Waals surface area contributed by atoms with Gasteiger partial charge in [-0.1, -0.05) is 41.9 Å². The minimum atomic E-state index is -0.316. The first kappa shape index (κ1) is 15.6. The van der Waals surface area contributed by atoms with Crippen molar-refractivity contribution in [3.05, 3.63) is 65.2 Å². The number of ether oxygens (including phenoxy) is 1. The molecule has 2 amide bonds. The largest absolute Gasteiger partial charge is 0.484 e. The molecule has 1 atom stereocenters. The molecule has 0 aromatic heterocycles. The molecule has 1 aliphatic heterocycles. The quantitative estimate of drug-likeness (QED) is 0.865. The molecule has 1 fully saturated rings. The second kappa shape index (κ2) is 6.84. The molecule has 1 unspecified atom stereocenters. The lowest BCUT2D eigenvalue weighted by atomic mass is 9.99. The Balaban J connectivity index is 1.59. The van der Waals surface area contributed by atoms with Gasteiger partial charge in [0, 0.05) is 23.9 Å². The van der Waals surface area contributed by atoms with Gasteiger partial charge in [0.15, 0.2) is 6.61 Å². The van der Waals surface area contributed by atoms with E-state index in [4.69, 9.17) is 16.3 Å². The molecule has 0 bridgehead atoms. The maximum Gasteiger partial charge on any atom is 0.267 e. The second-order valence-corrected chi connectivity index (χ2v) is 5.89. The molecule has 1 aliphatic rings. The molecular formula is C18H16ClNO3. The molecule has 2 aromatic carbocycles. The number of rotatable bonds is 4. The zero-order valence-electron chi connectivity index (χ0n) is 12.4. The molecular weight excluding hydrogens is 314 g/mol. The molecule has 118 valence electrons. The van der Waals surface area contributed by atoms with E-state index < -0.39 is 0 Å². The summed E-state index contributed by atoms with van der Waals surface area (Å²) in [6, 6.07) is 16.5. The summed E-state index contributed by atoms with van der Waals surface area (Å²) in [5, 5.41) is 0.601. The van der Waals surface area contributed by atoms with Crippen molar-refractivity contribution in [1.82, 2.24) is 4.90 Å². The predicted molar refractivity (Wildman–Crippen MR) is 87.5 cm³/mol. The third-order valence-corrected chi connectivity index (χ3v) is 4.12. The van der Waals surface area contributed by atoms with Gasteiger partial charge in [-0.15, -0.1) is 0 Å². The standard InChI is InChI=1S/C18H16ClNO3/c19-15-6-8-16(9-7-15)23-12-18(22)20-11-14(10-17(20)21)13-4-2-1-3-5-13/h1-9,14H,10-12H2. The molecule has 3 rings (SSSR count). The summed E-state index contributed by atoms with van der Waals surface area (Å²) < 4.78 is 5.42. The Labute approximate surface area is 139 Å². The third kappa shape index (κ3) is 3.71. The van der Waals surface area contributed by atoms with Crippen molar-refractivity contribution in [3.63, 3.8) is 0 Å². The lowest BCUT2D eigenvalue weighted by Crippen LogP contribution is -2.36. The zero-order chi connectivity index (χ0) is 16.2. The normalized spacial score (nSPS) is 17.3. The van der Waals surface area contributed by atoms with E-state index in [-0.39, 0.29) is 24.3 Å². The lowest BCUT2D eigenvalue weighted by molar-refractivity contribution is -0.143. The highest BCUT2D eigenvalue weighted by Crippen LogP contribution is 2.28. The van der Waals surface area contributed by atoms with Crippen LogP contribution in [0.25, 0.3) is 0 Å². The van der Waals surface area contributed by atoms with Crippen molar-refractivity contribution >= 4 is 23.4 Å². The molecule has 1 saturated heterocycles. The SMILES string of the molecule is O=C(COc1ccc(Cl)cc1)N1CC(c2ccccc2)CC1=O. The van der Waals surface area contributed by atoms with Gasteiger partial charge in [-0.05, 0) is 29.8 Å². The van der Waals surface area contributed by atoms with Crippen molar-refractivity contribution in [2.75, 3.05) is 13.2 Å². The van der Waals surface area contributed by atoms with Gasteiger partial charge >= 0.3 is 0 Å². The van der Waals surface area contributed by atoms with Crippen LogP contribution < -0.4 is 4.74 Å². The van der Waals surface area contributed by atoms with E-state index in [0.29, 0.717) is 23.7 Å².